The van der Waals surface area contributed by atoms with Gasteiger partial charge in [-0.2, -0.15) is 18.3 Å². The molecule has 2 N–H and O–H groups in total. The van der Waals surface area contributed by atoms with E-state index in [0.717, 1.165) is 11.6 Å². The second-order valence-corrected chi connectivity index (χ2v) is 4.25. The van der Waals surface area contributed by atoms with Crippen LogP contribution in [0, 0.1) is 0 Å². The maximum atomic E-state index is 12.4. The molecule has 0 fully saturated rings. The van der Waals surface area contributed by atoms with Crippen LogP contribution in [0.3, 0.4) is 0 Å². The van der Waals surface area contributed by atoms with E-state index in [1.807, 2.05) is 0 Å². The average molecular weight is 286 g/mol. The third kappa shape index (κ3) is 3.28. The molecule has 100 valence electrons. The van der Waals surface area contributed by atoms with Gasteiger partial charge in [-0.1, -0.05) is 12.2 Å². The number of rotatable bonds is 3. The van der Waals surface area contributed by atoms with Crippen LogP contribution in [0.5, 0.6) is 0 Å². The number of nitrogens with two attached hydrogens (primary N) is 1. The van der Waals surface area contributed by atoms with Crippen LogP contribution in [0.25, 0.3) is 0 Å². The Kier molecular flexibility index (Phi) is 3.52. The third-order valence-electron chi connectivity index (χ3n) is 2.35. The molecule has 0 aliphatic heterocycles. The van der Waals surface area contributed by atoms with Gasteiger partial charge < -0.3 is 5.73 Å². The largest absolute Gasteiger partial charge is 0.435 e. The Bertz CT molecular complexity index is 606. The normalized spacial score (nSPS) is 11.5. The van der Waals surface area contributed by atoms with Crippen molar-refractivity contribution < 1.29 is 13.2 Å². The van der Waals surface area contributed by atoms with Crippen LogP contribution in [0.15, 0.2) is 30.6 Å². The van der Waals surface area contributed by atoms with Gasteiger partial charge in [-0.25, -0.2) is 0 Å². The van der Waals surface area contributed by atoms with E-state index >= 15 is 0 Å². The Morgan fingerprint density at radius 1 is 1.37 bits per heavy atom. The highest BCUT2D eigenvalue weighted by molar-refractivity contribution is 7.80. The second-order valence-electron chi connectivity index (χ2n) is 3.81. The third-order valence-corrected chi connectivity index (χ3v) is 2.56. The van der Waals surface area contributed by atoms with Gasteiger partial charge >= 0.3 is 6.18 Å². The number of halogens is 3. The Morgan fingerprint density at radius 2 is 2.11 bits per heavy atom. The van der Waals surface area contributed by atoms with E-state index in [0.29, 0.717) is 5.69 Å². The van der Waals surface area contributed by atoms with Gasteiger partial charge in [0.1, 0.15) is 4.99 Å². The van der Waals surface area contributed by atoms with Crippen LogP contribution in [0.1, 0.15) is 17.0 Å². The molecule has 2 aromatic heterocycles. The maximum Gasteiger partial charge on any atom is 0.435 e. The van der Waals surface area contributed by atoms with Gasteiger partial charge in [-0.15, -0.1) is 0 Å². The van der Waals surface area contributed by atoms with Crippen molar-refractivity contribution in [2.45, 2.75) is 12.7 Å². The lowest BCUT2D eigenvalue weighted by Gasteiger charge is -2.04. The zero-order valence-electron chi connectivity index (χ0n) is 9.55. The topological polar surface area (TPSA) is 56.7 Å². The lowest BCUT2D eigenvalue weighted by atomic mass is 10.2. The molecule has 0 saturated heterocycles. The Labute approximate surface area is 112 Å². The van der Waals surface area contributed by atoms with Gasteiger partial charge in [0.25, 0.3) is 0 Å². The van der Waals surface area contributed by atoms with Crippen LogP contribution in [0.2, 0.25) is 0 Å². The van der Waals surface area contributed by atoms with Crippen molar-refractivity contribution in [3.05, 3.63) is 47.5 Å². The zero-order chi connectivity index (χ0) is 14.0. The zero-order valence-corrected chi connectivity index (χ0v) is 10.4. The molecule has 0 radical (unpaired) electrons. The molecule has 0 aromatic carbocycles. The molecular formula is C11H9F3N4S. The highest BCUT2D eigenvalue weighted by Crippen LogP contribution is 2.27. The van der Waals surface area contributed by atoms with Crippen molar-refractivity contribution in [2.24, 2.45) is 5.73 Å². The fourth-order valence-electron chi connectivity index (χ4n) is 1.50. The predicted octanol–water partition coefficient (Wildman–Crippen LogP) is 1.98. The molecule has 0 unspecified atom stereocenters. The molecular weight excluding hydrogens is 277 g/mol. The highest BCUT2D eigenvalue weighted by Gasteiger charge is 2.33. The van der Waals surface area contributed by atoms with Crippen LogP contribution >= 0.6 is 12.2 Å². The quantitative estimate of drug-likeness (QED) is 0.877. The summed E-state index contributed by atoms with van der Waals surface area (Å²) in [6.07, 6.45) is -1.67. The van der Waals surface area contributed by atoms with E-state index < -0.39 is 11.9 Å². The van der Waals surface area contributed by atoms with Gasteiger partial charge in [0.2, 0.25) is 0 Å². The summed E-state index contributed by atoms with van der Waals surface area (Å²) in [6.45, 7) is 0.189. The lowest BCUT2D eigenvalue weighted by Crippen LogP contribution is -2.12. The van der Waals surface area contributed by atoms with Crippen LogP contribution < -0.4 is 5.73 Å². The molecule has 0 atom stereocenters. The van der Waals surface area contributed by atoms with Crippen molar-refractivity contribution in [3.63, 3.8) is 0 Å². The van der Waals surface area contributed by atoms with E-state index in [1.165, 1.54) is 17.1 Å². The maximum absolute atomic E-state index is 12.4. The molecule has 2 aromatic rings. The number of hydrogen-bond donors (Lipinski definition) is 1. The summed E-state index contributed by atoms with van der Waals surface area (Å²) in [7, 11) is 0. The lowest BCUT2D eigenvalue weighted by molar-refractivity contribution is -0.141. The number of nitrogens with zero attached hydrogens (tertiary/aromatic N) is 3. The summed E-state index contributed by atoms with van der Waals surface area (Å²) in [6, 6.07) is 4.21. The molecule has 0 saturated carbocycles. The van der Waals surface area contributed by atoms with E-state index in [-0.39, 0.29) is 11.5 Å². The SMILES string of the molecule is NC(=S)c1cc(Cn2ccc(C(F)(F)F)n2)ccn1. The number of alkyl halides is 3. The molecule has 4 nitrogen and oxygen atoms in total. The second kappa shape index (κ2) is 4.96. The summed E-state index contributed by atoms with van der Waals surface area (Å²) in [4.78, 5) is 4.09. The van der Waals surface area contributed by atoms with Gasteiger partial charge in [-0.3, -0.25) is 9.67 Å². The number of thiocarbonyl (C=S) groups is 1. The number of hydrogen-bond acceptors (Lipinski definition) is 3. The van der Waals surface area contributed by atoms with E-state index in [1.54, 1.807) is 12.1 Å². The Morgan fingerprint density at radius 3 is 2.68 bits per heavy atom. The summed E-state index contributed by atoms with van der Waals surface area (Å²) in [5, 5.41) is 3.46. The van der Waals surface area contributed by atoms with Gasteiger partial charge in [0.15, 0.2) is 5.69 Å². The standard InChI is InChI=1S/C11H9F3N4S/c12-11(13,14)9-2-4-18(17-9)6-7-1-3-16-8(5-7)10(15)19/h1-5H,6H2,(H2,15,19). The van der Waals surface area contributed by atoms with Gasteiger partial charge in [0, 0.05) is 12.4 Å². The van der Waals surface area contributed by atoms with E-state index in [4.69, 9.17) is 18.0 Å². The van der Waals surface area contributed by atoms with Crippen LogP contribution in [0.4, 0.5) is 13.2 Å². The number of pyridine rings is 1. The summed E-state index contributed by atoms with van der Waals surface area (Å²) in [5.74, 6) is 0. The summed E-state index contributed by atoms with van der Waals surface area (Å²) in [5.41, 5.74) is 5.66. The first-order valence-electron chi connectivity index (χ1n) is 5.21. The minimum Gasteiger partial charge on any atom is -0.388 e. The molecule has 0 bridgehead atoms. The summed E-state index contributed by atoms with van der Waals surface area (Å²) >= 11 is 4.78. The van der Waals surface area contributed by atoms with Gasteiger partial charge in [-0.05, 0) is 23.8 Å². The predicted molar refractivity (Wildman–Crippen MR) is 66.5 cm³/mol. The molecule has 0 aliphatic carbocycles. The highest BCUT2D eigenvalue weighted by atomic mass is 32.1. The summed E-state index contributed by atoms with van der Waals surface area (Å²) < 4.78 is 38.4. The molecule has 0 amide bonds. The first-order valence-corrected chi connectivity index (χ1v) is 5.62. The smallest absolute Gasteiger partial charge is 0.388 e. The first-order chi connectivity index (χ1) is 8.86. The molecule has 19 heavy (non-hydrogen) atoms. The Hall–Kier alpha value is -1.96. The van der Waals surface area contributed by atoms with Crippen molar-refractivity contribution in [1.82, 2.24) is 14.8 Å². The van der Waals surface area contributed by atoms with Crippen LogP contribution in [-0.4, -0.2) is 19.8 Å². The molecule has 2 rings (SSSR count). The molecule has 2 heterocycles. The van der Waals surface area contributed by atoms with Gasteiger partial charge in [0.05, 0.1) is 12.2 Å². The average Bonchev–Trinajstić information content (AvgIpc) is 2.77. The number of aromatic nitrogens is 3. The molecule has 8 heteroatoms. The fraction of sp³-hybridized carbons (Fsp3) is 0.182. The van der Waals surface area contributed by atoms with Crippen LogP contribution in [-0.2, 0) is 12.7 Å². The Balaban J connectivity index is 2.19. The minimum atomic E-state index is -4.44. The minimum absolute atomic E-state index is 0.137. The van der Waals surface area contributed by atoms with Crippen molar-refractivity contribution in [1.29, 1.82) is 0 Å². The first kappa shape index (κ1) is 13.5. The molecule has 0 spiro atoms. The van der Waals surface area contributed by atoms with Crippen molar-refractivity contribution in [2.75, 3.05) is 0 Å². The van der Waals surface area contributed by atoms with Crippen molar-refractivity contribution in [3.8, 4) is 0 Å². The monoisotopic (exact) mass is 286 g/mol. The van der Waals surface area contributed by atoms with E-state index in [9.17, 15) is 13.2 Å². The van der Waals surface area contributed by atoms with E-state index in [2.05, 4.69) is 10.1 Å². The van der Waals surface area contributed by atoms with Crippen molar-refractivity contribution >= 4 is 17.2 Å². The molecule has 0 aliphatic rings. The fourth-order valence-corrected chi connectivity index (χ4v) is 1.61.